The van der Waals surface area contributed by atoms with E-state index in [-0.39, 0.29) is 23.6 Å². The molecule has 26 heavy (non-hydrogen) atoms. The van der Waals surface area contributed by atoms with Gasteiger partial charge in [0.15, 0.2) is 0 Å². The summed E-state index contributed by atoms with van der Waals surface area (Å²) in [5.41, 5.74) is 0.425. The number of H-pyrrole nitrogens is 2. The van der Waals surface area contributed by atoms with Gasteiger partial charge in [-0.2, -0.15) is 0 Å². The number of benzene rings is 1. The Balaban J connectivity index is 2.23. The van der Waals surface area contributed by atoms with Crippen molar-refractivity contribution in [1.29, 1.82) is 0 Å². The van der Waals surface area contributed by atoms with Crippen LogP contribution in [0.1, 0.15) is 24.0 Å². The minimum absolute atomic E-state index is 0.0395. The third-order valence-corrected chi connectivity index (χ3v) is 4.28. The van der Waals surface area contributed by atoms with Gasteiger partial charge in [-0.25, -0.2) is 9.59 Å². The second-order valence-corrected chi connectivity index (χ2v) is 6.17. The SMILES string of the molecule is C=CCOC(=O)C1=C(C)Nc2[nH]c(=O)[nH]c(=O)c2[C@H]1c1ccc(Cl)cc1. The zero-order valence-corrected chi connectivity index (χ0v) is 14.6. The molecule has 3 N–H and O–H groups in total. The lowest BCUT2D eigenvalue weighted by Gasteiger charge is -2.28. The molecule has 134 valence electrons. The van der Waals surface area contributed by atoms with Crippen molar-refractivity contribution in [3.63, 3.8) is 0 Å². The highest BCUT2D eigenvalue weighted by atomic mass is 35.5. The van der Waals surface area contributed by atoms with Gasteiger partial charge in [-0.05, 0) is 24.6 Å². The maximum atomic E-state index is 12.6. The van der Waals surface area contributed by atoms with Gasteiger partial charge in [-0.1, -0.05) is 36.4 Å². The highest BCUT2D eigenvalue weighted by molar-refractivity contribution is 6.30. The number of aromatic nitrogens is 2. The molecule has 0 spiro atoms. The van der Waals surface area contributed by atoms with E-state index in [1.165, 1.54) is 6.08 Å². The second kappa shape index (κ2) is 7.05. The summed E-state index contributed by atoms with van der Waals surface area (Å²) >= 11 is 5.96. The summed E-state index contributed by atoms with van der Waals surface area (Å²) in [6.07, 6.45) is 1.46. The molecule has 2 aromatic rings. The van der Waals surface area contributed by atoms with Gasteiger partial charge in [0.25, 0.3) is 5.56 Å². The number of allylic oxidation sites excluding steroid dienone is 1. The molecular weight excluding hydrogens is 358 g/mol. The van der Waals surface area contributed by atoms with Crippen LogP contribution in [-0.2, 0) is 9.53 Å². The summed E-state index contributed by atoms with van der Waals surface area (Å²) in [6.45, 7) is 5.24. The summed E-state index contributed by atoms with van der Waals surface area (Å²) in [4.78, 5) is 41.5. The van der Waals surface area contributed by atoms with E-state index in [0.717, 1.165) is 0 Å². The average Bonchev–Trinajstić information content (AvgIpc) is 2.59. The number of carbonyl (C=O) groups is 1. The van der Waals surface area contributed by atoms with Crippen LogP contribution in [0.25, 0.3) is 0 Å². The number of carbonyl (C=O) groups excluding carboxylic acids is 1. The van der Waals surface area contributed by atoms with Gasteiger partial charge < -0.3 is 10.1 Å². The van der Waals surface area contributed by atoms with Crippen molar-refractivity contribution in [2.75, 3.05) is 11.9 Å². The molecule has 0 saturated heterocycles. The lowest BCUT2D eigenvalue weighted by molar-refractivity contribution is -0.138. The standard InChI is InChI=1S/C18H16ClN3O4/c1-3-8-26-17(24)12-9(2)20-15-14(16(23)22-18(25)21-15)13(12)10-4-6-11(19)7-5-10/h3-7,13H,1,8H2,2H3,(H3,20,21,22,23,25)/t13-/m0/s1. The largest absolute Gasteiger partial charge is 0.458 e. The molecule has 0 aliphatic carbocycles. The molecule has 3 rings (SSSR count). The van der Waals surface area contributed by atoms with Gasteiger partial charge in [0, 0.05) is 10.7 Å². The smallest absolute Gasteiger partial charge is 0.337 e. The fourth-order valence-corrected chi connectivity index (χ4v) is 3.08. The number of halogens is 1. The Morgan fingerprint density at radius 1 is 1.27 bits per heavy atom. The fraction of sp³-hybridized carbons (Fsp3) is 0.167. The van der Waals surface area contributed by atoms with E-state index in [1.807, 2.05) is 0 Å². The van der Waals surface area contributed by atoms with Gasteiger partial charge in [0.2, 0.25) is 0 Å². The summed E-state index contributed by atoms with van der Waals surface area (Å²) in [5.74, 6) is -1.05. The predicted molar refractivity (Wildman–Crippen MR) is 98.5 cm³/mol. The number of anilines is 1. The number of rotatable bonds is 4. The van der Waals surface area contributed by atoms with Crippen molar-refractivity contribution in [2.24, 2.45) is 0 Å². The maximum absolute atomic E-state index is 12.6. The fourth-order valence-electron chi connectivity index (χ4n) is 2.96. The van der Waals surface area contributed by atoms with E-state index < -0.39 is 23.1 Å². The molecule has 1 aliphatic rings. The van der Waals surface area contributed by atoms with Gasteiger partial charge in [-0.15, -0.1) is 0 Å². The Morgan fingerprint density at radius 2 is 1.96 bits per heavy atom. The van der Waals surface area contributed by atoms with Gasteiger partial charge in [0.1, 0.15) is 12.4 Å². The van der Waals surface area contributed by atoms with Gasteiger partial charge in [-0.3, -0.25) is 14.8 Å². The number of ether oxygens (including phenoxy) is 1. The molecule has 0 bridgehead atoms. The van der Waals surface area contributed by atoms with Crippen molar-refractivity contribution in [1.82, 2.24) is 9.97 Å². The molecule has 7 nitrogen and oxygen atoms in total. The van der Waals surface area contributed by atoms with Gasteiger partial charge in [0.05, 0.1) is 17.1 Å². The maximum Gasteiger partial charge on any atom is 0.337 e. The minimum Gasteiger partial charge on any atom is -0.458 e. The Morgan fingerprint density at radius 3 is 2.62 bits per heavy atom. The van der Waals surface area contributed by atoms with Crippen molar-refractivity contribution < 1.29 is 9.53 Å². The Bertz CT molecular complexity index is 1020. The zero-order valence-electron chi connectivity index (χ0n) is 13.9. The molecule has 1 aromatic carbocycles. The summed E-state index contributed by atoms with van der Waals surface area (Å²) in [6, 6.07) is 6.78. The van der Waals surface area contributed by atoms with E-state index in [1.54, 1.807) is 31.2 Å². The first-order chi connectivity index (χ1) is 12.4. The van der Waals surface area contributed by atoms with Crippen LogP contribution >= 0.6 is 11.6 Å². The number of esters is 1. The van der Waals surface area contributed by atoms with Crippen molar-refractivity contribution in [3.05, 3.63) is 85.2 Å². The molecule has 0 amide bonds. The summed E-state index contributed by atoms with van der Waals surface area (Å²) in [7, 11) is 0. The lowest BCUT2D eigenvalue weighted by Crippen LogP contribution is -2.35. The zero-order chi connectivity index (χ0) is 18.8. The van der Waals surface area contributed by atoms with Crippen molar-refractivity contribution in [2.45, 2.75) is 12.8 Å². The quantitative estimate of drug-likeness (QED) is 0.563. The van der Waals surface area contributed by atoms with Crippen LogP contribution in [-0.4, -0.2) is 22.5 Å². The molecule has 1 aromatic heterocycles. The van der Waals surface area contributed by atoms with Crippen LogP contribution in [0.3, 0.4) is 0 Å². The van der Waals surface area contributed by atoms with E-state index in [2.05, 4.69) is 21.9 Å². The van der Waals surface area contributed by atoms with Crippen LogP contribution in [0, 0.1) is 0 Å². The van der Waals surface area contributed by atoms with Crippen LogP contribution in [0.4, 0.5) is 5.82 Å². The third kappa shape index (κ3) is 3.21. The first-order valence-electron chi connectivity index (χ1n) is 7.80. The molecule has 1 aliphatic heterocycles. The Kier molecular flexibility index (Phi) is 4.81. The highest BCUT2D eigenvalue weighted by Gasteiger charge is 2.35. The number of nitrogens with one attached hydrogen (secondary N) is 3. The molecule has 0 saturated carbocycles. The molecular formula is C18H16ClN3O4. The van der Waals surface area contributed by atoms with Crippen molar-refractivity contribution in [3.8, 4) is 0 Å². The number of hydrogen-bond donors (Lipinski definition) is 3. The average molecular weight is 374 g/mol. The van der Waals surface area contributed by atoms with Crippen LogP contribution in [0.2, 0.25) is 5.02 Å². The number of fused-ring (bicyclic) bond motifs is 1. The highest BCUT2D eigenvalue weighted by Crippen LogP contribution is 2.39. The van der Waals surface area contributed by atoms with Crippen LogP contribution < -0.4 is 16.6 Å². The minimum atomic E-state index is -0.721. The number of hydrogen-bond acceptors (Lipinski definition) is 5. The first kappa shape index (κ1) is 17.8. The first-order valence-corrected chi connectivity index (χ1v) is 8.18. The summed E-state index contributed by atoms with van der Waals surface area (Å²) in [5, 5.41) is 3.43. The molecule has 0 fully saturated rings. The molecule has 8 heteroatoms. The molecule has 0 unspecified atom stereocenters. The van der Waals surface area contributed by atoms with Crippen LogP contribution in [0.15, 0.2) is 57.8 Å². The topological polar surface area (TPSA) is 104 Å². The normalized spacial score (nSPS) is 15.8. The van der Waals surface area contributed by atoms with E-state index in [0.29, 0.717) is 16.3 Å². The van der Waals surface area contributed by atoms with E-state index in [9.17, 15) is 14.4 Å². The molecule has 2 heterocycles. The monoisotopic (exact) mass is 373 g/mol. The predicted octanol–water partition coefficient (Wildman–Crippen LogP) is 2.28. The number of aromatic amines is 2. The van der Waals surface area contributed by atoms with Gasteiger partial charge >= 0.3 is 11.7 Å². The Hall–Kier alpha value is -3.06. The van der Waals surface area contributed by atoms with Crippen molar-refractivity contribution >= 4 is 23.4 Å². The molecule has 0 radical (unpaired) electrons. The van der Waals surface area contributed by atoms with E-state index >= 15 is 0 Å². The third-order valence-electron chi connectivity index (χ3n) is 4.03. The summed E-state index contributed by atoms with van der Waals surface area (Å²) < 4.78 is 5.19. The Labute approximate surface area is 153 Å². The van der Waals surface area contributed by atoms with E-state index in [4.69, 9.17) is 16.3 Å². The second-order valence-electron chi connectivity index (χ2n) is 5.73. The lowest BCUT2D eigenvalue weighted by atomic mass is 9.82. The van der Waals surface area contributed by atoms with Crippen LogP contribution in [0.5, 0.6) is 0 Å². The molecule has 1 atom stereocenters.